The van der Waals surface area contributed by atoms with E-state index in [1.807, 2.05) is 23.1 Å². The van der Waals surface area contributed by atoms with Gasteiger partial charge in [0.2, 0.25) is 5.91 Å². The number of carbonyl (C=O) groups is 1. The topological polar surface area (TPSA) is 46.3 Å². The molecule has 2 fully saturated rings. The van der Waals surface area contributed by atoms with Crippen LogP contribution >= 0.6 is 0 Å². The number of rotatable bonds is 3. The van der Waals surface area contributed by atoms with Crippen LogP contribution in [-0.2, 0) is 11.2 Å². The van der Waals surface area contributed by atoms with Crippen LogP contribution in [0.4, 0.5) is 0 Å². The van der Waals surface area contributed by atoms with Crippen LogP contribution in [0.3, 0.4) is 0 Å². The Bertz CT molecular complexity index is 445. The molecule has 1 amide bonds. The fraction of sp³-hybridized carbons (Fsp3) is 0.533. The van der Waals surface area contributed by atoms with E-state index in [1.165, 1.54) is 5.56 Å². The number of likely N-dealkylation sites (tertiary alicyclic amines) is 1. The highest BCUT2D eigenvalue weighted by Gasteiger charge is 2.54. The summed E-state index contributed by atoms with van der Waals surface area (Å²) in [5.41, 5.74) is 7.38. The van der Waals surface area contributed by atoms with Crippen LogP contribution in [0, 0.1) is 5.92 Å². The first kappa shape index (κ1) is 11.7. The number of carbonyl (C=O) groups excluding carboxylic acids is 1. The minimum atomic E-state index is -0.0410. The standard InChI is InChI=1S/C15H20N2O/c16-15-10-13(15)8-9-17(11-15)14(18)7-6-12-4-2-1-3-5-12/h1-5,13H,6-11,16H2. The summed E-state index contributed by atoms with van der Waals surface area (Å²) in [7, 11) is 0. The normalized spacial score (nSPS) is 29.8. The van der Waals surface area contributed by atoms with E-state index in [-0.39, 0.29) is 11.4 Å². The molecule has 2 unspecified atom stereocenters. The monoisotopic (exact) mass is 244 g/mol. The molecule has 0 radical (unpaired) electrons. The van der Waals surface area contributed by atoms with Gasteiger partial charge in [0, 0.05) is 25.0 Å². The van der Waals surface area contributed by atoms with Crippen LogP contribution in [0.2, 0.25) is 0 Å². The molecule has 18 heavy (non-hydrogen) atoms. The van der Waals surface area contributed by atoms with Crippen molar-refractivity contribution in [3.8, 4) is 0 Å². The average molecular weight is 244 g/mol. The summed E-state index contributed by atoms with van der Waals surface area (Å²) in [6, 6.07) is 10.2. The predicted molar refractivity (Wildman–Crippen MR) is 71.0 cm³/mol. The number of fused-ring (bicyclic) bond motifs is 1. The number of benzene rings is 1. The fourth-order valence-electron chi connectivity index (χ4n) is 3.00. The number of aryl methyl sites for hydroxylation is 1. The Kier molecular flexibility index (Phi) is 2.86. The number of piperidine rings is 1. The maximum atomic E-state index is 12.1. The van der Waals surface area contributed by atoms with E-state index >= 15 is 0 Å². The van der Waals surface area contributed by atoms with Gasteiger partial charge in [-0.3, -0.25) is 4.79 Å². The lowest BCUT2D eigenvalue weighted by Crippen LogP contribution is -2.48. The second-order valence-corrected chi connectivity index (χ2v) is 5.72. The number of amides is 1. The van der Waals surface area contributed by atoms with Gasteiger partial charge >= 0.3 is 0 Å². The summed E-state index contributed by atoms with van der Waals surface area (Å²) in [6.45, 7) is 1.67. The van der Waals surface area contributed by atoms with E-state index in [4.69, 9.17) is 5.73 Å². The van der Waals surface area contributed by atoms with Crippen LogP contribution in [0.5, 0.6) is 0 Å². The maximum absolute atomic E-state index is 12.1. The van der Waals surface area contributed by atoms with Crippen LogP contribution in [0.15, 0.2) is 30.3 Å². The highest BCUT2D eigenvalue weighted by molar-refractivity contribution is 5.76. The molecule has 1 aliphatic heterocycles. The van der Waals surface area contributed by atoms with Gasteiger partial charge in [-0.1, -0.05) is 30.3 Å². The van der Waals surface area contributed by atoms with Crippen LogP contribution in [-0.4, -0.2) is 29.4 Å². The summed E-state index contributed by atoms with van der Waals surface area (Å²) in [5.74, 6) is 0.935. The Balaban J connectivity index is 1.52. The van der Waals surface area contributed by atoms with Crippen LogP contribution < -0.4 is 5.73 Å². The molecule has 3 heteroatoms. The average Bonchev–Trinajstić information content (AvgIpc) is 3.07. The van der Waals surface area contributed by atoms with E-state index < -0.39 is 0 Å². The van der Waals surface area contributed by atoms with Gasteiger partial charge in [-0.15, -0.1) is 0 Å². The quantitative estimate of drug-likeness (QED) is 0.877. The Labute approximate surface area is 108 Å². The van der Waals surface area contributed by atoms with Crippen molar-refractivity contribution in [1.82, 2.24) is 4.90 Å². The lowest BCUT2D eigenvalue weighted by molar-refractivity contribution is -0.132. The molecule has 3 nitrogen and oxygen atoms in total. The van der Waals surface area contributed by atoms with E-state index in [0.29, 0.717) is 12.3 Å². The third-order valence-corrected chi connectivity index (χ3v) is 4.34. The lowest BCUT2D eigenvalue weighted by Gasteiger charge is -2.30. The molecule has 1 saturated heterocycles. The molecular formula is C15H20N2O. The molecule has 2 aliphatic rings. The van der Waals surface area contributed by atoms with E-state index in [0.717, 1.165) is 32.4 Å². The molecule has 1 heterocycles. The highest BCUT2D eigenvalue weighted by Crippen LogP contribution is 2.47. The molecule has 1 aromatic rings. The highest BCUT2D eigenvalue weighted by atomic mass is 16.2. The van der Waals surface area contributed by atoms with E-state index in [2.05, 4.69) is 12.1 Å². The summed E-state index contributed by atoms with van der Waals surface area (Å²) in [6.07, 6.45) is 3.63. The van der Waals surface area contributed by atoms with Gasteiger partial charge in [-0.2, -0.15) is 0 Å². The maximum Gasteiger partial charge on any atom is 0.222 e. The van der Waals surface area contributed by atoms with Crippen molar-refractivity contribution >= 4 is 5.91 Å². The lowest BCUT2D eigenvalue weighted by atomic mass is 10.0. The van der Waals surface area contributed by atoms with Crippen molar-refractivity contribution in [2.45, 2.75) is 31.2 Å². The smallest absolute Gasteiger partial charge is 0.222 e. The molecule has 0 aromatic heterocycles. The van der Waals surface area contributed by atoms with Crippen molar-refractivity contribution in [2.75, 3.05) is 13.1 Å². The SMILES string of the molecule is NC12CC1CCN(C(=O)CCc1ccccc1)C2. The van der Waals surface area contributed by atoms with Crippen molar-refractivity contribution in [3.63, 3.8) is 0 Å². The Morgan fingerprint density at radius 3 is 2.89 bits per heavy atom. The van der Waals surface area contributed by atoms with Gasteiger partial charge in [0.15, 0.2) is 0 Å². The van der Waals surface area contributed by atoms with Gasteiger partial charge in [-0.05, 0) is 30.7 Å². The first-order valence-corrected chi connectivity index (χ1v) is 6.78. The summed E-state index contributed by atoms with van der Waals surface area (Å²) >= 11 is 0. The predicted octanol–water partition coefficient (Wildman–Crippen LogP) is 1.57. The molecule has 3 rings (SSSR count). The minimum Gasteiger partial charge on any atom is -0.341 e. The third-order valence-electron chi connectivity index (χ3n) is 4.34. The van der Waals surface area contributed by atoms with Crippen molar-refractivity contribution in [2.24, 2.45) is 11.7 Å². The first-order valence-electron chi connectivity index (χ1n) is 6.78. The zero-order valence-electron chi connectivity index (χ0n) is 10.6. The van der Waals surface area contributed by atoms with Crippen molar-refractivity contribution in [1.29, 1.82) is 0 Å². The number of nitrogens with two attached hydrogens (primary N) is 1. The fourth-order valence-corrected chi connectivity index (χ4v) is 3.00. The largest absolute Gasteiger partial charge is 0.341 e. The summed E-state index contributed by atoms with van der Waals surface area (Å²) in [4.78, 5) is 14.1. The molecule has 1 aliphatic carbocycles. The molecule has 2 N–H and O–H groups in total. The van der Waals surface area contributed by atoms with Crippen LogP contribution in [0.25, 0.3) is 0 Å². The molecule has 1 saturated carbocycles. The molecule has 96 valence electrons. The molecule has 2 atom stereocenters. The zero-order valence-corrected chi connectivity index (χ0v) is 10.6. The van der Waals surface area contributed by atoms with E-state index in [9.17, 15) is 4.79 Å². The second kappa shape index (κ2) is 4.39. The minimum absolute atomic E-state index is 0.0410. The zero-order chi connectivity index (χ0) is 12.6. The third kappa shape index (κ3) is 2.27. The van der Waals surface area contributed by atoms with Crippen LogP contribution in [0.1, 0.15) is 24.8 Å². The van der Waals surface area contributed by atoms with Gasteiger partial charge in [0.1, 0.15) is 0 Å². The Morgan fingerprint density at radius 2 is 2.17 bits per heavy atom. The van der Waals surface area contributed by atoms with Gasteiger partial charge in [0.25, 0.3) is 0 Å². The number of hydrogen-bond acceptors (Lipinski definition) is 2. The van der Waals surface area contributed by atoms with Gasteiger partial charge in [0.05, 0.1) is 0 Å². The Morgan fingerprint density at radius 1 is 1.39 bits per heavy atom. The number of nitrogens with zero attached hydrogens (tertiary/aromatic N) is 1. The molecule has 0 spiro atoms. The van der Waals surface area contributed by atoms with E-state index in [1.54, 1.807) is 0 Å². The molecular weight excluding hydrogens is 224 g/mol. The van der Waals surface area contributed by atoms with Crippen molar-refractivity contribution < 1.29 is 4.79 Å². The number of hydrogen-bond donors (Lipinski definition) is 1. The molecule has 0 bridgehead atoms. The first-order chi connectivity index (χ1) is 8.67. The second-order valence-electron chi connectivity index (χ2n) is 5.72. The van der Waals surface area contributed by atoms with Gasteiger partial charge < -0.3 is 10.6 Å². The van der Waals surface area contributed by atoms with Crippen molar-refractivity contribution in [3.05, 3.63) is 35.9 Å². The van der Waals surface area contributed by atoms with Gasteiger partial charge in [-0.25, -0.2) is 0 Å². The summed E-state index contributed by atoms with van der Waals surface area (Å²) in [5, 5.41) is 0. The Hall–Kier alpha value is -1.35. The molecule has 1 aromatic carbocycles. The summed E-state index contributed by atoms with van der Waals surface area (Å²) < 4.78 is 0.